The second kappa shape index (κ2) is 2.29. The monoisotopic (exact) mass is 184 g/mol. The highest BCUT2D eigenvalue weighted by Gasteiger charge is 2.69. The molecule has 0 aromatic rings. The average Bonchev–Trinajstić information content (AvgIpc) is 2.36. The number of ether oxygens (including phenoxy) is 1. The van der Waals surface area contributed by atoms with Gasteiger partial charge in [-0.15, -0.1) is 0 Å². The van der Waals surface area contributed by atoms with E-state index in [-0.39, 0.29) is 10.8 Å². The Labute approximate surface area is 80.3 Å². The Hall–Kier alpha value is -0.0800. The average molecular weight is 184 g/mol. The van der Waals surface area contributed by atoms with Crippen LogP contribution in [0.15, 0.2) is 0 Å². The Balaban J connectivity index is 2.44. The summed E-state index contributed by atoms with van der Waals surface area (Å²) in [5, 5.41) is 10.4. The standard InChI is InChI=1S/C11H20O2/c1-9(2)8-5-6-10(9,3)11(12,7-8)13-4/h8,12H,5-7H2,1-4H3/t8-,10+,11+/m1/s1. The first-order chi connectivity index (χ1) is 5.87. The van der Waals surface area contributed by atoms with Gasteiger partial charge in [-0.05, 0) is 24.2 Å². The Kier molecular flexibility index (Phi) is 1.67. The predicted octanol–water partition coefficient (Wildman–Crippen LogP) is 2.17. The maximum absolute atomic E-state index is 10.4. The summed E-state index contributed by atoms with van der Waals surface area (Å²) in [5.74, 6) is -0.248. The molecule has 3 atom stereocenters. The van der Waals surface area contributed by atoms with Crippen LogP contribution in [0.4, 0.5) is 0 Å². The zero-order chi connectivity index (χ0) is 9.91. The molecule has 2 aliphatic rings. The van der Waals surface area contributed by atoms with Crippen molar-refractivity contribution in [2.45, 2.75) is 45.8 Å². The second-order valence-corrected chi connectivity index (χ2v) is 5.48. The van der Waals surface area contributed by atoms with E-state index in [0.717, 1.165) is 12.8 Å². The summed E-state index contributed by atoms with van der Waals surface area (Å²) in [6.45, 7) is 6.70. The van der Waals surface area contributed by atoms with Crippen molar-refractivity contribution in [3.8, 4) is 0 Å². The SMILES string of the molecule is CO[C@@]1(O)C[C@H]2CC[C@@]1(C)C2(C)C. The molecule has 0 aromatic carbocycles. The van der Waals surface area contributed by atoms with Crippen LogP contribution in [-0.4, -0.2) is 18.0 Å². The van der Waals surface area contributed by atoms with Gasteiger partial charge in [0, 0.05) is 18.9 Å². The van der Waals surface area contributed by atoms with Gasteiger partial charge in [0.2, 0.25) is 0 Å². The number of rotatable bonds is 1. The molecule has 0 unspecified atom stereocenters. The van der Waals surface area contributed by atoms with Gasteiger partial charge >= 0.3 is 0 Å². The quantitative estimate of drug-likeness (QED) is 0.633. The third-order valence-corrected chi connectivity index (χ3v) is 5.16. The van der Waals surface area contributed by atoms with Gasteiger partial charge in [-0.2, -0.15) is 0 Å². The van der Waals surface area contributed by atoms with Crippen LogP contribution in [0.1, 0.15) is 40.0 Å². The maximum Gasteiger partial charge on any atom is 0.171 e. The van der Waals surface area contributed by atoms with Crippen molar-refractivity contribution in [2.24, 2.45) is 16.7 Å². The molecular formula is C11H20O2. The number of methoxy groups -OCH3 is 1. The van der Waals surface area contributed by atoms with Crippen LogP contribution in [0.2, 0.25) is 0 Å². The van der Waals surface area contributed by atoms with Gasteiger partial charge in [-0.3, -0.25) is 0 Å². The molecule has 76 valence electrons. The molecule has 2 saturated carbocycles. The molecule has 2 fully saturated rings. The number of fused-ring (bicyclic) bond motifs is 2. The van der Waals surface area contributed by atoms with Crippen LogP contribution in [0.3, 0.4) is 0 Å². The first kappa shape index (κ1) is 9.47. The third kappa shape index (κ3) is 0.816. The molecule has 0 aliphatic heterocycles. The molecule has 2 bridgehead atoms. The molecule has 0 saturated heterocycles. The van der Waals surface area contributed by atoms with E-state index in [1.807, 2.05) is 0 Å². The Morgan fingerprint density at radius 3 is 2.15 bits per heavy atom. The van der Waals surface area contributed by atoms with Crippen LogP contribution in [-0.2, 0) is 4.74 Å². The molecule has 2 heteroatoms. The van der Waals surface area contributed by atoms with Gasteiger partial charge in [0.1, 0.15) is 0 Å². The molecule has 2 nitrogen and oxygen atoms in total. The van der Waals surface area contributed by atoms with Gasteiger partial charge in [0.25, 0.3) is 0 Å². The van der Waals surface area contributed by atoms with Gasteiger partial charge in [0.05, 0.1) is 0 Å². The minimum Gasteiger partial charge on any atom is -0.365 e. The molecule has 2 aliphatic carbocycles. The second-order valence-electron chi connectivity index (χ2n) is 5.48. The van der Waals surface area contributed by atoms with Crippen molar-refractivity contribution in [3.63, 3.8) is 0 Å². The Bertz CT molecular complexity index is 236. The van der Waals surface area contributed by atoms with Gasteiger partial charge in [-0.25, -0.2) is 0 Å². The maximum atomic E-state index is 10.4. The first-order valence-corrected chi connectivity index (χ1v) is 5.15. The van der Waals surface area contributed by atoms with E-state index < -0.39 is 5.79 Å². The predicted molar refractivity (Wildman–Crippen MR) is 51.2 cm³/mol. The van der Waals surface area contributed by atoms with Gasteiger partial charge < -0.3 is 9.84 Å². The molecular weight excluding hydrogens is 164 g/mol. The fourth-order valence-electron chi connectivity index (χ4n) is 3.52. The number of hydrogen-bond donors (Lipinski definition) is 1. The van der Waals surface area contributed by atoms with Crippen molar-refractivity contribution in [2.75, 3.05) is 7.11 Å². The largest absolute Gasteiger partial charge is 0.365 e. The molecule has 1 N–H and O–H groups in total. The van der Waals surface area contributed by atoms with Crippen molar-refractivity contribution in [3.05, 3.63) is 0 Å². The lowest BCUT2D eigenvalue weighted by atomic mass is 9.68. The molecule has 0 spiro atoms. The molecule has 2 rings (SSSR count). The minimum absolute atomic E-state index is 0.0561. The van der Waals surface area contributed by atoms with Crippen LogP contribution in [0.5, 0.6) is 0 Å². The normalized spacial score (nSPS) is 52.8. The zero-order valence-electron chi connectivity index (χ0n) is 9.05. The van der Waals surface area contributed by atoms with E-state index in [4.69, 9.17) is 4.74 Å². The lowest BCUT2D eigenvalue weighted by molar-refractivity contribution is -0.259. The lowest BCUT2D eigenvalue weighted by Crippen LogP contribution is -2.48. The fraction of sp³-hybridized carbons (Fsp3) is 1.00. The first-order valence-electron chi connectivity index (χ1n) is 5.15. The molecule has 13 heavy (non-hydrogen) atoms. The van der Waals surface area contributed by atoms with Crippen LogP contribution in [0.25, 0.3) is 0 Å². The minimum atomic E-state index is -0.876. The van der Waals surface area contributed by atoms with Crippen molar-refractivity contribution >= 4 is 0 Å². The molecule has 0 aromatic heterocycles. The van der Waals surface area contributed by atoms with Crippen LogP contribution < -0.4 is 0 Å². The fourth-order valence-corrected chi connectivity index (χ4v) is 3.52. The molecule has 0 amide bonds. The summed E-state index contributed by atoms with van der Waals surface area (Å²) in [4.78, 5) is 0. The molecule has 0 heterocycles. The van der Waals surface area contributed by atoms with E-state index in [1.165, 1.54) is 6.42 Å². The van der Waals surface area contributed by atoms with E-state index in [1.54, 1.807) is 7.11 Å². The highest BCUT2D eigenvalue weighted by Crippen LogP contribution is 2.69. The van der Waals surface area contributed by atoms with Crippen LogP contribution in [0, 0.1) is 16.7 Å². The summed E-state index contributed by atoms with van der Waals surface area (Å²) in [5.41, 5.74) is 0.164. The summed E-state index contributed by atoms with van der Waals surface area (Å²) >= 11 is 0. The lowest BCUT2D eigenvalue weighted by Gasteiger charge is -2.43. The van der Waals surface area contributed by atoms with E-state index in [2.05, 4.69) is 20.8 Å². The highest BCUT2D eigenvalue weighted by atomic mass is 16.6. The smallest absolute Gasteiger partial charge is 0.171 e. The van der Waals surface area contributed by atoms with E-state index >= 15 is 0 Å². The van der Waals surface area contributed by atoms with Crippen molar-refractivity contribution in [1.29, 1.82) is 0 Å². The van der Waals surface area contributed by atoms with Gasteiger partial charge in [0.15, 0.2) is 5.79 Å². The summed E-state index contributed by atoms with van der Waals surface area (Å²) in [6, 6.07) is 0. The topological polar surface area (TPSA) is 29.5 Å². The molecule has 0 radical (unpaired) electrons. The van der Waals surface area contributed by atoms with Crippen LogP contribution >= 0.6 is 0 Å². The summed E-state index contributed by atoms with van der Waals surface area (Å²) < 4.78 is 5.33. The van der Waals surface area contributed by atoms with E-state index in [9.17, 15) is 5.11 Å². The van der Waals surface area contributed by atoms with E-state index in [0.29, 0.717) is 5.92 Å². The Morgan fingerprint density at radius 2 is 1.92 bits per heavy atom. The summed E-state index contributed by atoms with van der Waals surface area (Å²) in [6.07, 6.45) is 3.15. The highest BCUT2D eigenvalue weighted by molar-refractivity contribution is 5.14. The third-order valence-electron chi connectivity index (χ3n) is 5.16. The number of hydrogen-bond acceptors (Lipinski definition) is 2. The number of aliphatic hydroxyl groups is 1. The van der Waals surface area contributed by atoms with Gasteiger partial charge in [-0.1, -0.05) is 20.8 Å². The van der Waals surface area contributed by atoms with Crippen molar-refractivity contribution in [1.82, 2.24) is 0 Å². The van der Waals surface area contributed by atoms with Crippen molar-refractivity contribution < 1.29 is 9.84 Å². The Morgan fingerprint density at radius 1 is 1.31 bits per heavy atom. The summed E-state index contributed by atoms with van der Waals surface area (Å²) in [7, 11) is 1.63. The zero-order valence-corrected chi connectivity index (χ0v) is 9.05.